The van der Waals surface area contributed by atoms with Crippen LogP contribution in [-0.2, 0) is 9.59 Å². The minimum Gasteiger partial charge on any atom is -0.360 e. The van der Waals surface area contributed by atoms with Gasteiger partial charge in [-0.25, -0.2) is 4.98 Å². The molecule has 1 aromatic heterocycles. The summed E-state index contributed by atoms with van der Waals surface area (Å²) < 4.78 is 1.16. The van der Waals surface area contributed by atoms with E-state index in [1.54, 1.807) is 11.3 Å². The van der Waals surface area contributed by atoms with Gasteiger partial charge >= 0.3 is 0 Å². The number of carbonyl (C=O) groups excluding carboxylic acids is 2. The van der Waals surface area contributed by atoms with Gasteiger partial charge < -0.3 is 15.5 Å². The van der Waals surface area contributed by atoms with Gasteiger partial charge in [0.25, 0.3) is 5.91 Å². The molecule has 2 N–H and O–H groups in total. The predicted molar refractivity (Wildman–Crippen MR) is 131 cm³/mol. The molecule has 0 saturated carbocycles. The molecule has 33 heavy (non-hydrogen) atoms. The Morgan fingerprint density at radius 2 is 2.09 bits per heavy atom. The summed E-state index contributed by atoms with van der Waals surface area (Å²) in [6.45, 7) is 3.90. The summed E-state index contributed by atoms with van der Waals surface area (Å²) in [5.41, 5.74) is 3.98. The number of amides is 2. The second-order valence-electron chi connectivity index (χ2n) is 7.98. The number of nitrogens with one attached hydrogen (secondary N) is 2. The molecule has 0 atom stereocenters. The highest BCUT2D eigenvalue weighted by atomic mass is 32.1. The fourth-order valence-electron chi connectivity index (χ4n) is 3.68. The SMILES string of the molecule is Cc1ccc2nc(-c3ccc(N/C=C(/C#N)C(=O)NCCCN4CCCC4=O)cc3)sc2c1. The van der Waals surface area contributed by atoms with E-state index in [1.165, 1.54) is 11.8 Å². The second-order valence-corrected chi connectivity index (χ2v) is 9.01. The minimum absolute atomic E-state index is 0.00197. The lowest BCUT2D eigenvalue weighted by atomic mass is 10.2. The quantitative estimate of drug-likeness (QED) is 0.299. The largest absolute Gasteiger partial charge is 0.360 e. The van der Waals surface area contributed by atoms with Crippen molar-refractivity contribution < 1.29 is 9.59 Å². The van der Waals surface area contributed by atoms with Crippen LogP contribution >= 0.6 is 11.3 Å². The molecule has 0 unspecified atom stereocenters. The molecule has 2 amide bonds. The molecular formula is C25H25N5O2S. The third kappa shape index (κ3) is 5.57. The van der Waals surface area contributed by atoms with E-state index >= 15 is 0 Å². The van der Waals surface area contributed by atoms with Crippen LogP contribution in [0.1, 0.15) is 24.8 Å². The molecule has 2 aromatic carbocycles. The first kappa shape index (κ1) is 22.5. The fourth-order valence-corrected chi connectivity index (χ4v) is 4.75. The van der Waals surface area contributed by atoms with Gasteiger partial charge in [-0.1, -0.05) is 6.07 Å². The summed E-state index contributed by atoms with van der Waals surface area (Å²) in [7, 11) is 0. The van der Waals surface area contributed by atoms with Crippen molar-refractivity contribution in [2.24, 2.45) is 0 Å². The maximum absolute atomic E-state index is 12.3. The topological polar surface area (TPSA) is 98.1 Å². The Morgan fingerprint density at radius 1 is 1.27 bits per heavy atom. The summed E-state index contributed by atoms with van der Waals surface area (Å²) in [4.78, 5) is 30.4. The molecule has 8 heteroatoms. The molecule has 1 aliphatic rings. The lowest BCUT2D eigenvalue weighted by Crippen LogP contribution is -2.31. The molecule has 7 nitrogen and oxygen atoms in total. The molecule has 0 bridgehead atoms. The Bertz CT molecular complexity index is 1240. The molecule has 0 spiro atoms. The van der Waals surface area contributed by atoms with Crippen molar-refractivity contribution in [2.45, 2.75) is 26.2 Å². The molecule has 4 rings (SSSR count). The van der Waals surface area contributed by atoms with Crippen LogP contribution in [0, 0.1) is 18.3 Å². The zero-order chi connectivity index (χ0) is 23.2. The molecule has 1 fully saturated rings. The molecule has 0 aliphatic carbocycles. The van der Waals surface area contributed by atoms with Crippen molar-refractivity contribution in [1.29, 1.82) is 5.26 Å². The van der Waals surface area contributed by atoms with E-state index in [9.17, 15) is 14.9 Å². The summed E-state index contributed by atoms with van der Waals surface area (Å²) in [5.74, 6) is -0.258. The highest BCUT2D eigenvalue weighted by Crippen LogP contribution is 2.31. The molecule has 1 saturated heterocycles. The number of rotatable bonds is 8. The van der Waals surface area contributed by atoms with Crippen LogP contribution in [0.3, 0.4) is 0 Å². The van der Waals surface area contributed by atoms with E-state index in [2.05, 4.69) is 29.7 Å². The van der Waals surface area contributed by atoms with Crippen LogP contribution in [0.25, 0.3) is 20.8 Å². The van der Waals surface area contributed by atoms with E-state index in [0.717, 1.165) is 39.4 Å². The van der Waals surface area contributed by atoms with Gasteiger partial charge in [-0.05, 0) is 61.7 Å². The van der Waals surface area contributed by atoms with Gasteiger partial charge in [0.15, 0.2) is 0 Å². The van der Waals surface area contributed by atoms with E-state index in [-0.39, 0.29) is 11.5 Å². The summed E-state index contributed by atoms with van der Waals surface area (Å²) >= 11 is 1.65. The number of fused-ring (bicyclic) bond motifs is 1. The maximum atomic E-state index is 12.3. The molecular weight excluding hydrogens is 434 g/mol. The molecule has 168 valence electrons. The van der Waals surface area contributed by atoms with Crippen molar-refractivity contribution >= 4 is 39.1 Å². The zero-order valence-electron chi connectivity index (χ0n) is 18.4. The number of nitrogens with zero attached hydrogens (tertiary/aromatic N) is 3. The number of carbonyl (C=O) groups is 2. The Morgan fingerprint density at radius 3 is 2.82 bits per heavy atom. The van der Waals surface area contributed by atoms with Crippen molar-refractivity contribution in [3.05, 3.63) is 59.8 Å². The predicted octanol–water partition coefficient (Wildman–Crippen LogP) is 4.22. The lowest BCUT2D eigenvalue weighted by Gasteiger charge is -2.15. The smallest absolute Gasteiger partial charge is 0.263 e. The molecule has 1 aliphatic heterocycles. The highest BCUT2D eigenvalue weighted by Gasteiger charge is 2.19. The molecule has 3 aromatic rings. The monoisotopic (exact) mass is 459 g/mol. The number of hydrogen-bond donors (Lipinski definition) is 2. The molecule has 2 heterocycles. The van der Waals surface area contributed by atoms with E-state index in [4.69, 9.17) is 4.98 Å². The van der Waals surface area contributed by atoms with E-state index < -0.39 is 5.91 Å². The van der Waals surface area contributed by atoms with Gasteiger partial charge in [-0.15, -0.1) is 11.3 Å². The van der Waals surface area contributed by atoms with Crippen molar-refractivity contribution in [3.8, 4) is 16.6 Å². The number of aryl methyl sites for hydroxylation is 1. The summed E-state index contributed by atoms with van der Waals surface area (Å²) in [6.07, 6.45) is 3.59. The van der Waals surface area contributed by atoms with Crippen LogP contribution in [0.5, 0.6) is 0 Å². The average molecular weight is 460 g/mol. The second kappa shape index (κ2) is 10.3. The van der Waals surface area contributed by atoms with Crippen LogP contribution in [0.4, 0.5) is 5.69 Å². The maximum Gasteiger partial charge on any atom is 0.263 e. The number of anilines is 1. The summed E-state index contributed by atoms with van der Waals surface area (Å²) in [6, 6.07) is 15.9. The average Bonchev–Trinajstić information content (AvgIpc) is 3.43. The Labute approximate surface area is 196 Å². The first-order valence-corrected chi connectivity index (χ1v) is 11.8. The Kier molecular flexibility index (Phi) is 7.01. The summed E-state index contributed by atoms with van der Waals surface area (Å²) in [5, 5.41) is 16.0. The van der Waals surface area contributed by atoms with Gasteiger partial charge in [-0.2, -0.15) is 5.26 Å². The van der Waals surface area contributed by atoms with Crippen LogP contribution < -0.4 is 10.6 Å². The highest BCUT2D eigenvalue weighted by molar-refractivity contribution is 7.21. The third-order valence-corrected chi connectivity index (χ3v) is 6.55. The molecule has 0 radical (unpaired) electrons. The number of likely N-dealkylation sites (tertiary alicyclic amines) is 1. The first-order chi connectivity index (χ1) is 16.0. The fraction of sp³-hybridized carbons (Fsp3) is 0.280. The van der Waals surface area contributed by atoms with Crippen LogP contribution in [0.15, 0.2) is 54.2 Å². The minimum atomic E-state index is -0.431. The van der Waals surface area contributed by atoms with Gasteiger partial charge in [0.2, 0.25) is 5.91 Å². The van der Waals surface area contributed by atoms with Gasteiger partial charge in [-0.3, -0.25) is 9.59 Å². The third-order valence-electron chi connectivity index (χ3n) is 5.49. The Balaban J connectivity index is 1.31. The van der Waals surface area contributed by atoms with E-state index in [0.29, 0.717) is 25.9 Å². The van der Waals surface area contributed by atoms with E-state index in [1.807, 2.05) is 41.3 Å². The number of nitriles is 1. The van der Waals surface area contributed by atoms with Gasteiger partial charge in [0, 0.05) is 43.5 Å². The Hall–Kier alpha value is -3.70. The van der Waals surface area contributed by atoms with Crippen molar-refractivity contribution in [2.75, 3.05) is 25.0 Å². The van der Waals surface area contributed by atoms with Crippen LogP contribution in [-0.4, -0.2) is 41.3 Å². The lowest BCUT2D eigenvalue weighted by molar-refractivity contribution is -0.127. The standard InChI is InChI=1S/C25H25N5O2S/c1-17-5-10-21-22(14-17)33-25(29-21)18-6-8-20(9-7-18)28-16-19(15-26)24(32)27-11-3-13-30-12-2-4-23(30)31/h5-10,14,16,28H,2-4,11-13H2,1H3,(H,27,32)/b19-16-. The van der Waals surface area contributed by atoms with Crippen LogP contribution in [0.2, 0.25) is 0 Å². The number of aromatic nitrogens is 1. The van der Waals surface area contributed by atoms with Crippen molar-refractivity contribution in [1.82, 2.24) is 15.2 Å². The van der Waals surface area contributed by atoms with Crippen molar-refractivity contribution in [3.63, 3.8) is 0 Å². The zero-order valence-corrected chi connectivity index (χ0v) is 19.2. The number of thiazole rings is 1. The van der Waals surface area contributed by atoms with Gasteiger partial charge in [0.05, 0.1) is 10.2 Å². The first-order valence-electron chi connectivity index (χ1n) is 10.9. The normalized spacial score (nSPS) is 13.9. The number of hydrogen-bond acceptors (Lipinski definition) is 6. The number of benzene rings is 2. The van der Waals surface area contributed by atoms with Gasteiger partial charge in [0.1, 0.15) is 16.6 Å².